The first kappa shape index (κ1) is 25.9. The van der Waals surface area contributed by atoms with Gasteiger partial charge in [-0.25, -0.2) is 14.2 Å². The van der Waals surface area contributed by atoms with Gasteiger partial charge in [-0.15, -0.1) is 0 Å². The molecule has 39 heavy (non-hydrogen) atoms. The molecular formula is C29H33FN4O5. The van der Waals surface area contributed by atoms with Gasteiger partial charge in [0.15, 0.2) is 0 Å². The van der Waals surface area contributed by atoms with Gasteiger partial charge >= 0.3 is 6.09 Å². The molecule has 1 aliphatic carbocycles. The molecule has 7 rings (SSSR count). The van der Waals surface area contributed by atoms with Gasteiger partial charge in [-0.05, 0) is 50.2 Å². The van der Waals surface area contributed by atoms with E-state index in [1.165, 1.54) is 6.20 Å². The van der Waals surface area contributed by atoms with Crippen molar-refractivity contribution in [3.8, 4) is 5.88 Å². The maximum absolute atomic E-state index is 15.0. The van der Waals surface area contributed by atoms with Crippen LogP contribution in [0.2, 0.25) is 0 Å². The van der Waals surface area contributed by atoms with E-state index in [4.69, 9.17) is 24.7 Å². The molecule has 2 aromatic heterocycles. The van der Waals surface area contributed by atoms with Crippen molar-refractivity contribution >= 4 is 17.1 Å². The molecule has 0 radical (unpaired) electrons. The van der Waals surface area contributed by atoms with Crippen LogP contribution in [0.15, 0.2) is 48.7 Å². The lowest BCUT2D eigenvalue weighted by atomic mass is 9.70. The quantitative estimate of drug-likeness (QED) is 0.424. The Balaban J connectivity index is 1.06. The van der Waals surface area contributed by atoms with Crippen molar-refractivity contribution in [2.24, 2.45) is 5.73 Å². The van der Waals surface area contributed by atoms with Gasteiger partial charge in [0.1, 0.15) is 25.1 Å². The monoisotopic (exact) mass is 536 g/mol. The Morgan fingerprint density at radius 2 is 1.97 bits per heavy atom. The van der Waals surface area contributed by atoms with Crippen LogP contribution in [0.5, 0.6) is 5.88 Å². The van der Waals surface area contributed by atoms with Crippen molar-refractivity contribution in [2.45, 2.75) is 68.4 Å². The lowest BCUT2D eigenvalue weighted by Crippen LogP contribution is -2.59. The summed E-state index contributed by atoms with van der Waals surface area (Å²) in [5, 5.41) is 2.82. The van der Waals surface area contributed by atoms with E-state index in [-0.39, 0.29) is 42.3 Å². The fourth-order valence-electron chi connectivity index (χ4n) is 5.57. The molecule has 4 aliphatic rings. The van der Waals surface area contributed by atoms with Crippen LogP contribution < -0.4 is 15.8 Å². The van der Waals surface area contributed by atoms with E-state index in [0.29, 0.717) is 48.5 Å². The molecule has 1 amide bonds. The minimum absolute atomic E-state index is 0.179. The highest BCUT2D eigenvalue weighted by Crippen LogP contribution is 2.45. The Morgan fingerprint density at radius 1 is 1.15 bits per heavy atom. The Hall–Kier alpha value is -3.34. The van der Waals surface area contributed by atoms with Gasteiger partial charge in [0.05, 0.1) is 42.1 Å². The topological polar surface area (TPSA) is 118 Å². The third-order valence-corrected chi connectivity index (χ3v) is 8.24. The third kappa shape index (κ3) is 5.68. The molecule has 3 aromatic rings. The molecular weight excluding hydrogens is 503 g/mol. The molecule has 3 aliphatic heterocycles. The first-order valence-electron chi connectivity index (χ1n) is 13.5. The summed E-state index contributed by atoms with van der Waals surface area (Å²) in [5.41, 5.74) is 8.42. The van der Waals surface area contributed by atoms with Crippen molar-refractivity contribution in [3.63, 3.8) is 0 Å². The van der Waals surface area contributed by atoms with Crippen LogP contribution >= 0.6 is 0 Å². The van der Waals surface area contributed by atoms with Crippen molar-refractivity contribution in [2.75, 3.05) is 19.8 Å². The predicted octanol–water partition coefficient (Wildman–Crippen LogP) is 3.81. The lowest BCUT2D eigenvalue weighted by Gasteiger charge is -2.51. The highest BCUT2D eigenvalue weighted by Gasteiger charge is 2.47. The Labute approximate surface area is 226 Å². The normalized spacial score (nSPS) is 27.6. The third-order valence-electron chi connectivity index (χ3n) is 8.24. The summed E-state index contributed by atoms with van der Waals surface area (Å²) in [6.07, 6.45) is 5.25. The number of nitrogens with one attached hydrogen (secondary N) is 1. The first-order chi connectivity index (χ1) is 18.9. The molecule has 4 fully saturated rings. The number of ether oxygens (including phenoxy) is 4. The van der Waals surface area contributed by atoms with E-state index < -0.39 is 6.09 Å². The van der Waals surface area contributed by atoms with Crippen LogP contribution in [0.1, 0.15) is 43.2 Å². The maximum atomic E-state index is 15.0. The maximum Gasteiger partial charge on any atom is 0.407 e. The Bertz CT molecular complexity index is 1320. The largest absolute Gasteiger partial charge is 0.475 e. The fraction of sp³-hybridized carbons (Fsp3) is 0.483. The summed E-state index contributed by atoms with van der Waals surface area (Å²) in [6, 6.07) is 12.7. The Morgan fingerprint density at radius 3 is 2.69 bits per heavy atom. The average Bonchev–Trinajstić information content (AvgIpc) is 2.95. The first-order valence-corrected chi connectivity index (χ1v) is 13.5. The zero-order valence-electron chi connectivity index (χ0n) is 21.7. The van der Waals surface area contributed by atoms with Crippen molar-refractivity contribution < 1.29 is 28.1 Å². The average molecular weight is 537 g/mol. The number of aromatic nitrogens is 2. The van der Waals surface area contributed by atoms with Crippen LogP contribution in [-0.4, -0.2) is 59.2 Å². The number of rotatable bonds is 9. The van der Waals surface area contributed by atoms with Crippen molar-refractivity contribution in [3.05, 3.63) is 65.6 Å². The fourth-order valence-corrected chi connectivity index (χ4v) is 5.57. The second-order valence-corrected chi connectivity index (χ2v) is 10.9. The molecule has 3 saturated heterocycles. The summed E-state index contributed by atoms with van der Waals surface area (Å²) in [5.74, 6) is -0.0429. The summed E-state index contributed by atoms with van der Waals surface area (Å²) < 4.78 is 37.9. The molecule has 5 heterocycles. The van der Waals surface area contributed by atoms with E-state index in [1.54, 1.807) is 12.1 Å². The van der Waals surface area contributed by atoms with E-state index in [2.05, 4.69) is 15.3 Å². The summed E-state index contributed by atoms with van der Waals surface area (Å²) in [4.78, 5) is 21.0. The van der Waals surface area contributed by atoms with E-state index in [0.717, 1.165) is 31.2 Å². The van der Waals surface area contributed by atoms with Crippen LogP contribution in [-0.2, 0) is 27.2 Å². The summed E-state index contributed by atoms with van der Waals surface area (Å²) in [7, 11) is 0. The number of carbonyl (C=O) groups is 1. The van der Waals surface area contributed by atoms with Gasteiger partial charge in [-0.1, -0.05) is 30.3 Å². The number of alkyl carbamates (subject to hydrolysis) is 1. The van der Waals surface area contributed by atoms with Crippen LogP contribution in [0.25, 0.3) is 11.0 Å². The minimum atomic E-state index is -0.510. The number of nitrogens with zero attached hydrogens (tertiary/aromatic N) is 2. The molecule has 2 bridgehead atoms. The summed E-state index contributed by atoms with van der Waals surface area (Å²) in [6.45, 7) is 1.30. The number of hydrogen-bond donors (Lipinski definition) is 2. The lowest BCUT2D eigenvalue weighted by molar-refractivity contribution is -0.156. The van der Waals surface area contributed by atoms with Gasteiger partial charge in [0.25, 0.3) is 0 Å². The van der Waals surface area contributed by atoms with Gasteiger partial charge < -0.3 is 30.0 Å². The van der Waals surface area contributed by atoms with Gasteiger partial charge in [-0.3, -0.25) is 4.98 Å². The number of aryl methyl sites for hydroxylation is 1. The molecule has 10 heteroatoms. The van der Waals surface area contributed by atoms with E-state index in [1.807, 2.05) is 30.3 Å². The smallest absolute Gasteiger partial charge is 0.407 e. The number of pyridine rings is 2. The van der Waals surface area contributed by atoms with Crippen molar-refractivity contribution in [1.82, 2.24) is 15.3 Å². The molecule has 3 N–H and O–H groups in total. The molecule has 0 unspecified atom stereocenters. The number of hydrogen-bond acceptors (Lipinski definition) is 8. The van der Waals surface area contributed by atoms with E-state index >= 15 is 0 Å². The SMILES string of the molecule is NC12CCC(CCc3c(F)cnc4ccc(OC[C@H]5OC[C@@H]5NC(=O)OCc5ccccc5)nc34)(CC1)OC2. The number of halogens is 1. The van der Waals surface area contributed by atoms with Crippen LogP contribution in [0.4, 0.5) is 9.18 Å². The number of benzene rings is 1. The standard InChI is InChI=1S/C29H33FN4O5/c30-21-14-32-22-6-7-25(34-26(22)20(21)8-9-29-12-10-28(31,11-13-29)18-39-29)37-17-24-23(16-36-24)33-27(35)38-15-19-4-2-1-3-5-19/h1-7,14,23-24H,8-13,15-18,31H2,(H,33,35)/t23-,24+,28?,29?/m0/s1. The highest BCUT2D eigenvalue weighted by molar-refractivity contribution is 5.78. The predicted molar refractivity (Wildman–Crippen MR) is 141 cm³/mol. The minimum Gasteiger partial charge on any atom is -0.475 e. The van der Waals surface area contributed by atoms with Gasteiger partial charge in [0, 0.05) is 17.2 Å². The van der Waals surface area contributed by atoms with E-state index in [9.17, 15) is 9.18 Å². The number of nitrogens with two attached hydrogens (primary N) is 1. The van der Waals surface area contributed by atoms with Crippen LogP contribution in [0, 0.1) is 5.82 Å². The molecule has 1 aromatic carbocycles. The Kier molecular flexibility index (Phi) is 7.09. The van der Waals surface area contributed by atoms with Crippen molar-refractivity contribution in [1.29, 1.82) is 0 Å². The number of fused-ring (bicyclic) bond motifs is 4. The van der Waals surface area contributed by atoms with Crippen LogP contribution in [0.3, 0.4) is 0 Å². The number of carbonyl (C=O) groups excluding carboxylic acids is 1. The van der Waals surface area contributed by atoms with Gasteiger partial charge in [0.2, 0.25) is 5.88 Å². The second-order valence-electron chi connectivity index (χ2n) is 10.9. The molecule has 2 atom stereocenters. The molecule has 206 valence electrons. The zero-order valence-corrected chi connectivity index (χ0v) is 21.7. The molecule has 0 spiro atoms. The molecule has 9 nitrogen and oxygen atoms in total. The molecule has 1 saturated carbocycles. The highest BCUT2D eigenvalue weighted by atomic mass is 19.1. The second kappa shape index (κ2) is 10.7. The summed E-state index contributed by atoms with van der Waals surface area (Å²) >= 11 is 0. The zero-order chi connectivity index (χ0) is 26.9. The number of amides is 1. The van der Waals surface area contributed by atoms with Gasteiger partial charge in [-0.2, -0.15) is 0 Å².